The van der Waals surface area contributed by atoms with Gasteiger partial charge in [-0.05, 0) is 54.4 Å². The smallest absolute Gasteiger partial charge is 0.248 e. The predicted molar refractivity (Wildman–Crippen MR) is 116 cm³/mol. The molecule has 0 aliphatic rings. The molecule has 32 heavy (non-hydrogen) atoms. The number of rotatable bonds is 5. The van der Waals surface area contributed by atoms with Crippen molar-refractivity contribution < 1.29 is 13.6 Å². The zero-order valence-corrected chi connectivity index (χ0v) is 17.0. The molecule has 1 N–H and O–H groups in total. The first-order chi connectivity index (χ1) is 15.6. The molecule has 9 heteroatoms. The minimum absolute atomic E-state index is 0.0709. The molecule has 5 rings (SSSR count). The van der Waals surface area contributed by atoms with Gasteiger partial charge in [0.1, 0.15) is 18.1 Å². The van der Waals surface area contributed by atoms with Gasteiger partial charge in [0.25, 0.3) is 0 Å². The summed E-state index contributed by atoms with van der Waals surface area (Å²) < 4.78 is 20.2. The van der Waals surface area contributed by atoms with E-state index < -0.39 is 0 Å². The molecule has 0 aliphatic heterocycles. The number of pyridine rings is 1. The monoisotopic (exact) mass is 428 g/mol. The second-order valence-corrected chi connectivity index (χ2v) is 7.10. The van der Waals surface area contributed by atoms with Crippen molar-refractivity contribution in [3.8, 4) is 22.6 Å². The number of nitrogens with one attached hydrogen (secondary N) is 1. The maximum Gasteiger partial charge on any atom is 0.248 e. The van der Waals surface area contributed by atoms with Crippen LogP contribution in [0.5, 0.6) is 0 Å². The lowest BCUT2D eigenvalue weighted by Gasteiger charge is -2.07. The van der Waals surface area contributed by atoms with Gasteiger partial charge < -0.3 is 4.42 Å². The van der Waals surface area contributed by atoms with Crippen LogP contribution in [0.3, 0.4) is 0 Å². The van der Waals surface area contributed by atoms with E-state index in [1.54, 1.807) is 49.0 Å². The second kappa shape index (κ2) is 8.03. The summed E-state index contributed by atoms with van der Waals surface area (Å²) >= 11 is 0. The van der Waals surface area contributed by atoms with Crippen molar-refractivity contribution in [3.63, 3.8) is 0 Å². The van der Waals surface area contributed by atoms with Gasteiger partial charge in [-0.15, -0.1) is 0 Å². The average molecular weight is 428 g/mol. The standard InChI is InChI=1S/C23H17FN6O2/c1-14-21-17(15-4-6-16(24)7-5-15)8-10-25-22(21)30(29-14)13-20(31)28-23-26-11-9-18(27-23)19-3-2-12-32-19/h2-12H,13H2,1H3,(H,26,27,28,31). The van der Waals surface area contributed by atoms with Crippen LogP contribution in [0.15, 0.2) is 71.6 Å². The van der Waals surface area contributed by atoms with Crippen molar-refractivity contribution in [2.24, 2.45) is 0 Å². The number of aryl methyl sites for hydroxylation is 1. The van der Waals surface area contributed by atoms with Gasteiger partial charge in [-0.2, -0.15) is 5.10 Å². The van der Waals surface area contributed by atoms with Crippen molar-refractivity contribution in [2.45, 2.75) is 13.5 Å². The van der Waals surface area contributed by atoms with Crippen LogP contribution in [-0.4, -0.2) is 30.6 Å². The van der Waals surface area contributed by atoms with Crippen LogP contribution in [0.4, 0.5) is 10.3 Å². The highest BCUT2D eigenvalue weighted by molar-refractivity contribution is 5.96. The Balaban J connectivity index is 1.41. The number of benzene rings is 1. The van der Waals surface area contributed by atoms with Gasteiger partial charge in [-0.3, -0.25) is 10.1 Å². The van der Waals surface area contributed by atoms with E-state index in [2.05, 4.69) is 25.4 Å². The summed E-state index contributed by atoms with van der Waals surface area (Å²) in [6, 6.07) is 13.3. The van der Waals surface area contributed by atoms with Crippen molar-refractivity contribution >= 4 is 22.9 Å². The number of hydrogen-bond donors (Lipinski definition) is 1. The molecule has 8 nitrogen and oxygen atoms in total. The molecule has 4 aromatic heterocycles. The normalized spacial score (nSPS) is 11.1. The van der Waals surface area contributed by atoms with Crippen LogP contribution < -0.4 is 5.32 Å². The number of nitrogens with zero attached hydrogens (tertiary/aromatic N) is 5. The Kier molecular flexibility index (Phi) is 4.91. The lowest BCUT2D eigenvalue weighted by Crippen LogP contribution is -2.21. The van der Waals surface area contributed by atoms with Crippen molar-refractivity contribution in [1.29, 1.82) is 0 Å². The molecule has 0 saturated heterocycles. The van der Waals surface area contributed by atoms with Crippen LogP contribution >= 0.6 is 0 Å². The minimum atomic E-state index is -0.347. The largest absolute Gasteiger partial charge is 0.463 e. The fourth-order valence-corrected chi connectivity index (χ4v) is 3.54. The number of halogens is 1. The summed E-state index contributed by atoms with van der Waals surface area (Å²) in [5.41, 5.74) is 3.55. The predicted octanol–water partition coefficient (Wildman–Crippen LogP) is 4.23. The number of fused-ring (bicyclic) bond motifs is 1. The van der Waals surface area contributed by atoms with E-state index in [9.17, 15) is 9.18 Å². The number of hydrogen-bond acceptors (Lipinski definition) is 6. The van der Waals surface area contributed by atoms with Gasteiger partial charge in [0, 0.05) is 17.8 Å². The highest BCUT2D eigenvalue weighted by Crippen LogP contribution is 2.30. The molecule has 0 fully saturated rings. The van der Waals surface area contributed by atoms with E-state index in [-0.39, 0.29) is 24.2 Å². The fraction of sp³-hybridized carbons (Fsp3) is 0.0870. The van der Waals surface area contributed by atoms with Crippen LogP contribution in [0.1, 0.15) is 5.69 Å². The molecule has 0 unspecified atom stereocenters. The van der Waals surface area contributed by atoms with Gasteiger partial charge in [0.15, 0.2) is 11.4 Å². The van der Waals surface area contributed by atoms with Gasteiger partial charge >= 0.3 is 0 Å². The summed E-state index contributed by atoms with van der Waals surface area (Å²) in [7, 11) is 0. The van der Waals surface area contributed by atoms with Gasteiger partial charge in [-0.1, -0.05) is 12.1 Å². The Hall–Kier alpha value is -4.40. The molecule has 0 atom stereocenters. The Morgan fingerprint density at radius 3 is 2.69 bits per heavy atom. The maximum atomic E-state index is 13.3. The van der Waals surface area contributed by atoms with Gasteiger partial charge in [0.05, 0.1) is 12.0 Å². The molecule has 0 spiro atoms. The third kappa shape index (κ3) is 3.71. The van der Waals surface area contributed by atoms with Crippen molar-refractivity contribution in [2.75, 3.05) is 5.32 Å². The van der Waals surface area contributed by atoms with Gasteiger partial charge in [0.2, 0.25) is 11.9 Å². The molecule has 0 aliphatic carbocycles. The Bertz CT molecular complexity index is 1410. The van der Waals surface area contributed by atoms with E-state index in [1.165, 1.54) is 16.8 Å². The van der Waals surface area contributed by atoms with Crippen molar-refractivity contribution in [3.05, 3.63) is 78.7 Å². The van der Waals surface area contributed by atoms with E-state index in [0.717, 1.165) is 22.2 Å². The average Bonchev–Trinajstić information content (AvgIpc) is 3.43. The number of aromatic nitrogens is 5. The number of carbonyl (C=O) groups is 1. The Labute approximate surface area is 181 Å². The second-order valence-electron chi connectivity index (χ2n) is 7.10. The highest BCUT2D eigenvalue weighted by Gasteiger charge is 2.17. The molecule has 0 bridgehead atoms. The topological polar surface area (TPSA) is 98.7 Å². The van der Waals surface area contributed by atoms with E-state index in [0.29, 0.717) is 17.1 Å². The molecule has 0 saturated carbocycles. The van der Waals surface area contributed by atoms with Crippen LogP contribution in [-0.2, 0) is 11.3 Å². The molecule has 0 radical (unpaired) electrons. The number of amides is 1. The van der Waals surface area contributed by atoms with E-state index >= 15 is 0 Å². The molecule has 5 aromatic rings. The summed E-state index contributed by atoms with van der Waals surface area (Å²) in [5, 5.41) is 7.99. The summed E-state index contributed by atoms with van der Waals surface area (Å²) in [6.07, 6.45) is 4.74. The maximum absolute atomic E-state index is 13.3. The molecule has 1 amide bonds. The Morgan fingerprint density at radius 2 is 1.91 bits per heavy atom. The van der Waals surface area contributed by atoms with Crippen LogP contribution in [0.25, 0.3) is 33.6 Å². The van der Waals surface area contributed by atoms with Crippen LogP contribution in [0, 0.1) is 12.7 Å². The highest BCUT2D eigenvalue weighted by atomic mass is 19.1. The molecular formula is C23H17FN6O2. The van der Waals surface area contributed by atoms with E-state index in [1.807, 2.05) is 13.0 Å². The van der Waals surface area contributed by atoms with Crippen LogP contribution in [0.2, 0.25) is 0 Å². The lowest BCUT2D eigenvalue weighted by atomic mass is 10.0. The first-order valence-corrected chi connectivity index (χ1v) is 9.83. The lowest BCUT2D eigenvalue weighted by molar-refractivity contribution is -0.116. The quantitative estimate of drug-likeness (QED) is 0.450. The summed E-state index contributed by atoms with van der Waals surface area (Å²) in [4.78, 5) is 25.5. The SMILES string of the molecule is Cc1nn(CC(=O)Nc2nccc(-c3ccco3)n2)c2nccc(-c3ccc(F)cc3)c12. The molecule has 1 aromatic carbocycles. The molecule has 4 heterocycles. The minimum Gasteiger partial charge on any atom is -0.463 e. The fourth-order valence-electron chi connectivity index (χ4n) is 3.54. The van der Waals surface area contributed by atoms with Crippen molar-refractivity contribution in [1.82, 2.24) is 24.7 Å². The number of anilines is 1. The number of carbonyl (C=O) groups excluding carboxylic acids is 1. The molecule has 158 valence electrons. The molecular weight excluding hydrogens is 411 g/mol. The number of furan rings is 1. The zero-order chi connectivity index (χ0) is 22.1. The Morgan fingerprint density at radius 1 is 1.09 bits per heavy atom. The van der Waals surface area contributed by atoms with Gasteiger partial charge in [-0.25, -0.2) is 24.0 Å². The first-order valence-electron chi connectivity index (χ1n) is 9.83. The summed E-state index contributed by atoms with van der Waals surface area (Å²) in [5.74, 6) is 0.0904. The third-order valence-electron chi connectivity index (χ3n) is 4.94. The first kappa shape index (κ1) is 19.6. The summed E-state index contributed by atoms with van der Waals surface area (Å²) in [6.45, 7) is 1.78. The van der Waals surface area contributed by atoms with E-state index in [4.69, 9.17) is 4.42 Å². The zero-order valence-electron chi connectivity index (χ0n) is 17.0. The third-order valence-corrected chi connectivity index (χ3v) is 4.94.